The molecule has 1 unspecified atom stereocenters. The molecule has 1 aliphatic rings. The van der Waals surface area contributed by atoms with Crippen LogP contribution in [0.4, 0.5) is 0 Å². The molecular formula is C14H17N3O2. The molecule has 2 aromatic rings. The average molecular weight is 259 g/mol. The van der Waals surface area contributed by atoms with Gasteiger partial charge < -0.3 is 15.0 Å². The number of nitrogens with one attached hydrogen (secondary N) is 1. The Hall–Kier alpha value is -1.88. The molecule has 1 fully saturated rings. The molecule has 0 radical (unpaired) electrons. The average Bonchev–Trinajstić information content (AvgIpc) is 2.83. The zero-order chi connectivity index (χ0) is 13.5. The summed E-state index contributed by atoms with van der Waals surface area (Å²) in [6.07, 6.45) is 3.20. The van der Waals surface area contributed by atoms with Gasteiger partial charge in [-0.2, -0.15) is 0 Å². The maximum atomic E-state index is 12.4. The predicted molar refractivity (Wildman–Crippen MR) is 71.9 cm³/mol. The third-order valence-corrected chi connectivity index (χ3v) is 3.63. The third-order valence-electron chi connectivity index (χ3n) is 3.63. The number of carbonyl (C=O) groups excluding carboxylic acids is 1. The fraction of sp³-hybridized carbons (Fsp3) is 0.429. The lowest BCUT2D eigenvalue weighted by Crippen LogP contribution is -2.48. The van der Waals surface area contributed by atoms with Crippen LogP contribution in [0.5, 0.6) is 0 Å². The van der Waals surface area contributed by atoms with Crippen LogP contribution in [0.2, 0.25) is 0 Å². The third kappa shape index (κ3) is 2.33. The van der Waals surface area contributed by atoms with Gasteiger partial charge in [-0.15, -0.1) is 0 Å². The monoisotopic (exact) mass is 259 g/mol. The predicted octanol–water partition coefficient (Wildman–Crippen LogP) is 1.55. The van der Waals surface area contributed by atoms with Crippen molar-refractivity contribution in [2.24, 2.45) is 0 Å². The standard InChI is InChI=1S/C14H17N3O2/c1-14(19)5-2-6-17(8-14)13(18)10-3-4-11-12(7-10)16-9-15-11/h3-4,7,9,19H,2,5-6,8H2,1H3,(H,15,16). The Morgan fingerprint density at radius 2 is 2.37 bits per heavy atom. The molecule has 0 aliphatic carbocycles. The van der Waals surface area contributed by atoms with Crippen LogP contribution in [0.3, 0.4) is 0 Å². The van der Waals surface area contributed by atoms with E-state index in [9.17, 15) is 9.90 Å². The van der Waals surface area contributed by atoms with Gasteiger partial charge >= 0.3 is 0 Å². The highest BCUT2D eigenvalue weighted by molar-refractivity contribution is 5.97. The first-order valence-corrected chi connectivity index (χ1v) is 6.50. The first kappa shape index (κ1) is 12.2. The molecule has 1 saturated heterocycles. The Bertz CT molecular complexity index is 618. The van der Waals surface area contributed by atoms with Crippen molar-refractivity contribution in [1.82, 2.24) is 14.9 Å². The van der Waals surface area contributed by atoms with Crippen LogP contribution in [0, 0.1) is 0 Å². The second-order valence-electron chi connectivity index (χ2n) is 5.46. The molecule has 5 nitrogen and oxygen atoms in total. The van der Waals surface area contributed by atoms with Crippen LogP contribution in [0.15, 0.2) is 24.5 Å². The summed E-state index contributed by atoms with van der Waals surface area (Å²) in [5.41, 5.74) is 1.57. The van der Waals surface area contributed by atoms with Crippen molar-refractivity contribution in [2.45, 2.75) is 25.4 Å². The van der Waals surface area contributed by atoms with Gasteiger partial charge in [-0.1, -0.05) is 0 Å². The number of aromatic amines is 1. The van der Waals surface area contributed by atoms with E-state index in [0.29, 0.717) is 18.7 Å². The van der Waals surface area contributed by atoms with Crippen LogP contribution in [-0.4, -0.2) is 44.6 Å². The SMILES string of the molecule is CC1(O)CCCN(C(=O)c2ccc3nc[nH]c3c2)C1. The van der Waals surface area contributed by atoms with E-state index in [4.69, 9.17) is 0 Å². The number of H-pyrrole nitrogens is 1. The molecule has 2 heterocycles. The highest BCUT2D eigenvalue weighted by Crippen LogP contribution is 2.22. The van der Waals surface area contributed by atoms with Gasteiger partial charge in [0.2, 0.25) is 0 Å². The lowest BCUT2D eigenvalue weighted by atomic mass is 9.94. The molecule has 1 aromatic carbocycles. The van der Waals surface area contributed by atoms with Gasteiger partial charge in [0, 0.05) is 18.7 Å². The highest BCUT2D eigenvalue weighted by Gasteiger charge is 2.31. The number of imidazole rings is 1. The van der Waals surface area contributed by atoms with Crippen LogP contribution in [0.1, 0.15) is 30.1 Å². The molecule has 1 amide bonds. The van der Waals surface area contributed by atoms with Gasteiger partial charge in [-0.05, 0) is 38.0 Å². The van der Waals surface area contributed by atoms with E-state index in [1.165, 1.54) is 0 Å². The summed E-state index contributed by atoms with van der Waals surface area (Å²) >= 11 is 0. The summed E-state index contributed by atoms with van der Waals surface area (Å²) < 4.78 is 0. The zero-order valence-electron chi connectivity index (χ0n) is 10.9. The van der Waals surface area contributed by atoms with Crippen molar-refractivity contribution < 1.29 is 9.90 Å². The molecule has 100 valence electrons. The Labute approximate surface area is 111 Å². The number of carbonyl (C=O) groups is 1. The molecule has 19 heavy (non-hydrogen) atoms. The molecule has 0 bridgehead atoms. The van der Waals surface area contributed by atoms with E-state index < -0.39 is 5.60 Å². The number of likely N-dealkylation sites (tertiary alicyclic amines) is 1. The zero-order valence-corrected chi connectivity index (χ0v) is 10.9. The number of β-amino-alcohol motifs (C(OH)–C–C–N with tert-alkyl or cyclic N) is 1. The molecule has 0 spiro atoms. The van der Waals surface area contributed by atoms with Gasteiger partial charge in [0.15, 0.2) is 0 Å². The molecule has 1 aliphatic heterocycles. The van der Waals surface area contributed by atoms with E-state index in [-0.39, 0.29) is 5.91 Å². The lowest BCUT2D eigenvalue weighted by Gasteiger charge is -2.36. The van der Waals surface area contributed by atoms with Crippen molar-refractivity contribution in [3.05, 3.63) is 30.1 Å². The number of benzene rings is 1. The fourth-order valence-electron chi connectivity index (χ4n) is 2.64. The van der Waals surface area contributed by atoms with Crippen LogP contribution >= 0.6 is 0 Å². The Morgan fingerprint density at radius 1 is 1.53 bits per heavy atom. The second kappa shape index (κ2) is 4.35. The minimum absolute atomic E-state index is 0.0310. The Kier molecular flexibility index (Phi) is 2.78. The van der Waals surface area contributed by atoms with Gasteiger partial charge in [-0.25, -0.2) is 4.98 Å². The van der Waals surface area contributed by atoms with Crippen LogP contribution < -0.4 is 0 Å². The van der Waals surface area contributed by atoms with Gasteiger partial charge in [0.1, 0.15) is 0 Å². The smallest absolute Gasteiger partial charge is 0.254 e. The number of piperidine rings is 1. The summed E-state index contributed by atoms with van der Waals surface area (Å²) in [6.45, 7) is 2.88. The number of aliphatic hydroxyl groups is 1. The summed E-state index contributed by atoms with van der Waals surface area (Å²) in [5, 5.41) is 10.1. The second-order valence-corrected chi connectivity index (χ2v) is 5.46. The Morgan fingerprint density at radius 3 is 3.16 bits per heavy atom. The van der Waals surface area contributed by atoms with Crippen molar-refractivity contribution in [2.75, 3.05) is 13.1 Å². The molecule has 3 rings (SSSR count). The molecule has 0 saturated carbocycles. The number of aromatic nitrogens is 2. The quantitative estimate of drug-likeness (QED) is 0.816. The van der Waals surface area contributed by atoms with Crippen molar-refractivity contribution in [3.8, 4) is 0 Å². The van der Waals surface area contributed by atoms with Gasteiger partial charge in [0.05, 0.1) is 23.0 Å². The first-order chi connectivity index (χ1) is 9.05. The molecule has 1 aromatic heterocycles. The summed E-state index contributed by atoms with van der Waals surface area (Å²) in [7, 11) is 0. The van der Waals surface area contributed by atoms with Crippen LogP contribution in [-0.2, 0) is 0 Å². The topological polar surface area (TPSA) is 69.2 Å². The number of hydrogen-bond acceptors (Lipinski definition) is 3. The normalized spacial score (nSPS) is 23.8. The summed E-state index contributed by atoms with van der Waals surface area (Å²) in [6, 6.07) is 5.43. The van der Waals surface area contributed by atoms with Crippen molar-refractivity contribution in [1.29, 1.82) is 0 Å². The number of hydrogen-bond donors (Lipinski definition) is 2. The summed E-state index contributed by atoms with van der Waals surface area (Å²) in [5.74, 6) is -0.0310. The minimum Gasteiger partial charge on any atom is -0.388 e. The number of nitrogens with zero attached hydrogens (tertiary/aromatic N) is 2. The number of amides is 1. The van der Waals surface area contributed by atoms with Crippen LogP contribution in [0.25, 0.3) is 11.0 Å². The first-order valence-electron chi connectivity index (χ1n) is 6.50. The molecular weight excluding hydrogens is 242 g/mol. The maximum absolute atomic E-state index is 12.4. The van der Waals surface area contributed by atoms with Crippen molar-refractivity contribution in [3.63, 3.8) is 0 Å². The fourth-order valence-corrected chi connectivity index (χ4v) is 2.64. The minimum atomic E-state index is -0.772. The number of fused-ring (bicyclic) bond motifs is 1. The molecule has 1 atom stereocenters. The van der Waals surface area contributed by atoms with Crippen molar-refractivity contribution >= 4 is 16.9 Å². The van der Waals surface area contributed by atoms with E-state index in [2.05, 4.69) is 9.97 Å². The van der Waals surface area contributed by atoms with E-state index in [1.54, 1.807) is 24.2 Å². The number of rotatable bonds is 1. The maximum Gasteiger partial charge on any atom is 0.254 e. The van der Waals surface area contributed by atoms with Gasteiger partial charge in [-0.3, -0.25) is 4.79 Å². The highest BCUT2D eigenvalue weighted by atomic mass is 16.3. The lowest BCUT2D eigenvalue weighted by molar-refractivity contribution is -0.0107. The molecule has 5 heteroatoms. The van der Waals surface area contributed by atoms with E-state index in [1.807, 2.05) is 12.1 Å². The largest absolute Gasteiger partial charge is 0.388 e. The van der Waals surface area contributed by atoms with E-state index in [0.717, 1.165) is 23.9 Å². The summed E-state index contributed by atoms with van der Waals surface area (Å²) in [4.78, 5) is 21.3. The van der Waals surface area contributed by atoms with E-state index >= 15 is 0 Å². The molecule has 2 N–H and O–H groups in total. The Balaban J connectivity index is 1.86. The van der Waals surface area contributed by atoms with Gasteiger partial charge in [0.25, 0.3) is 5.91 Å².